The van der Waals surface area contributed by atoms with Gasteiger partial charge < -0.3 is 14.7 Å². The molecule has 0 radical (unpaired) electrons. The molecule has 0 unspecified atom stereocenters. The van der Waals surface area contributed by atoms with Crippen molar-refractivity contribution in [2.45, 2.75) is 27.7 Å². The first-order valence-corrected chi connectivity index (χ1v) is 9.90. The van der Waals surface area contributed by atoms with Crippen LogP contribution in [0.2, 0.25) is 0 Å². The zero-order chi connectivity index (χ0) is 22.3. The lowest BCUT2D eigenvalue weighted by Gasteiger charge is -2.10. The standard InChI is InChI=1S/C25H22N4O2/c1-14-9-22-23(10-15(14)2)28-24(27-22)20(13-26)12-19-11-16(3)29(17(19)4)21-7-5-18(6-8-21)25(30)31/h5-12H,1-4H3,(H,27,28)(H,30,31). The van der Waals surface area contributed by atoms with Gasteiger partial charge >= 0.3 is 5.97 Å². The average Bonchev–Trinajstić information content (AvgIpc) is 3.26. The summed E-state index contributed by atoms with van der Waals surface area (Å²) in [6.45, 7) is 8.05. The highest BCUT2D eigenvalue weighted by Gasteiger charge is 2.14. The van der Waals surface area contributed by atoms with Crippen LogP contribution in [0.3, 0.4) is 0 Å². The van der Waals surface area contributed by atoms with Crippen LogP contribution in [-0.4, -0.2) is 25.6 Å². The molecule has 0 saturated heterocycles. The molecule has 31 heavy (non-hydrogen) atoms. The Morgan fingerprint density at radius 2 is 1.77 bits per heavy atom. The number of nitriles is 1. The van der Waals surface area contributed by atoms with Crippen molar-refractivity contribution in [1.82, 2.24) is 14.5 Å². The summed E-state index contributed by atoms with van der Waals surface area (Å²) in [5, 5.41) is 18.9. The van der Waals surface area contributed by atoms with E-state index in [1.165, 1.54) is 5.56 Å². The van der Waals surface area contributed by atoms with Crippen LogP contribution in [0, 0.1) is 39.0 Å². The number of aryl methyl sites for hydroxylation is 3. The van der Waals surface area contributed by atoms with Crippen LogP contribution >= 0.6 is 0 Å². The molecule has 6 heteroatoms. The topological polar surface area (TPSA) is 94.7 Å². The highest BCUT2D eigenvalue weighted by atomic mass is 16.4. The second-order valence-electron chi connectivity index (χ2n) is 7.72. The van der Waals surface area contributed by atoms with E-state index in [1.807, 2.05) is 56.5 Å². The van der Waals surface area contributed by atoms with E-state index >= 15 is 0 Å². The lowest BCUT2D eigenvalue weighted by molar-refractivity contribution is 0.0697. The number of aromatic nitrogens is 3. The minimum absolute atomic E-state index is 0.244. The van der Waals surface area contributed by atoms with Crippen LogP contribution < -0.4 is 0 Å². The molecule has 2 aromatic carbocycles. The first kappa shape index (κ1) is 20.2. The largest absolute Gasteiger partial charge is 0.478 e. The maximum Gasteiger partial charge on any atom is 0.335 e. The molecule has 0 saturated carbocycles. The number of nitrogens with zero attached hydrogens (tertiary/aromatic N) is 3. The van der Waals surface area contributed by atoms with Gasteiger partial charge in [-0.25, -0.2) is 9.78 Å². The lowest BCUT2D eigenvalue weighted by Crippen LogP contribution is -2.01. The zero-order valence-corrected chi connectivity index (χ0v) is 17.8. The number of carbonyl (C=O) groups is 1. The quantitative estimate of drug-likeness (QED) is 0.443. The lowest BCUT2D eigenvalue weighted by atomic mass is 10.1. The highest BCUT2D eigenvalue weighted by molar-refractivity contribution is 5.91. The monoisotopic (exact) mass is 410 g/mol. The molecule has 154 valence electrons. The number of carboxylic acid groups (broad SMARTS) is 1. The normalized spacial score (nSPS) is 11.6. The van der Waals surface area contributed by atoms with E-state index in [9.17, 15) is 10.1 Å². The molecule has 0 aliphatic heterocycles. The highest BCUT2D eigenvalue weighted by Crippen LogP contribution is 2.26. The van der Waals surface area contributed by atoms with Crippen LogP contribution in [0.1, 0.15) is 44.3 Å². The summed E-state index contributed by atoms with van der Waals surface area (Å²) in [4.78, 5) is 19.0. The zero-order valence-electron chi connectivity index (χ0n) is 17.8. The van der Waals surface area contributed by atoms with Crippen molar-refractivity contribution >= 4 is 28.7 Å². The van der Waals surface area contributed by atoms with Gasteiger partial charge in [0, 0.05) is 17.1 Å². The Bertz CT molecular complexity index is 1360. The van der Waals surface area contributed by atoms with Crippen molar-refractivity contribution in [2.24, 2.45) is 0 Å². The fourth-order valence-corrected chi connectivity index (χ4v) is 3.79. The number of aromatic carboxylic acids is 1. The number of benzene rings is 2. The summed E-state index contributed by atoms with van der Waals surface area (Å²) in [6, 6.07) is 15.1. The van der Waals surface area contributed by atoms with Crippen molar-refractivity contribution < 1.29 is 9.90 Å². The number of nitrogens with one attached hydrogen (secondary N) is 1. The number of hydrogen-bond donors (Lipinski definition) is 2. The first-order valence-electron chi connectivity index (χ1n) is 9.90. The Hall–Kier alpha value is -4.11. The Labute approximate surface area is 180 Å². The predicted molar refractivity (Wildman–Crippen MR) is 121 cm³/mol. The molecule has 0 atom stereocenters. The second kappa shape index (κ2) is 7.62. The van der Waals surface area contributed by atoms with Crippen LogP contribution in [-0.2, 0) is 0 Å². The summed E-state index contributed by atoms with van der Waals surface area (Å²) >= 11 is 0. The summed E-state index contributed by atoms with van der Waals surface area (Å²) < 4.78 is 2.04. The molecule has 0 aliphatic rings. The van der Waals surface area contributed by atoms with Gasteiger partial charge in [-0.2, -0.15) is 5.26 Å². The SMILES string of the molecule is Cc1cc2nc(C(C#N)=Cc3cc(C)n(-c4ccc(C(=O)O)cc4)c3C)[nH]c2cc1C. The van der Waals surface area contributed by atoms with Crippen molar-refractivity contribution in [1.29, 1.82) is 5.26 Å². The van der Waals surface area contributed by atoms with E-state index in [0.29, 0.717) is 11.4 Å². The van der Waals surface area contributed by atoms with Crippen LogP contribution in [0.15, 0.2) is 42.5 Å². The number of fused-ring (bicyclic) bond motifs is 1. The second-order valence-corrected chi connectivity index (χ2v) is 7.72. The van der Waals surface area contributed by atoms with E-state index in [4.69, 9.17) is 5.11 Å². The van der Waals surface area contributed by atoms with Gasteiger partial charge in [0.2, 0.25) is 0 Å². The molecule has 0 fully saturated rings. The van der Waals surface area contributed by atoms with E-state index in [0.717, 1.165) is 39.2 Å². The fraction of sp³-hybridized carbons (Fsp3) is 0.160. The third-order valence-corrected chi connectivity index (χ3v) is 5.62. The summed E-state index contributed by atoms with van der Waals surface area (Å²) in [6.07, 6.45) is 1.84. The van der Waals surface area contributed by atoms with Gasteiger partial charge in [-0.3, -0.25) is 0 Å². The molecule has 0 aliphatic carbocycles. The average molecular weight is 410 g/mol. The Kier molecular flexibility index (Phi) is 4.96. The molecule has 4 rings (SSSR count). The Morgan fingerprint density at radius 3 is 2.42 bits per heavy atom. The Morgan fingerprint density at radius 1 is 1.10 bits per heavy atom. The van der Waals surface area contributed by atoms with Crippen LogP contribution in [0.4, 0.5) is 0 Å². The van der Waals surface area contributed by atoms with E-state index in [1.54, 1.807) is 24.3 Å². The molecule has 2 aromatic heterocycles. The number of hydrogen-bond acceptors (Lipinski definition) is 3. The van der Waals surface area contributed by atoms with Gasteiger partial charge in [-0.1, -0.05) is 0 Å². The molecule has 0 spiro atoms. The summed E-state index contributed by atoms with van der Waals surface area (Å²) in [7, 11) is 0. The number of imidazole rings is 1. The molecular formula is C25H22N4O2. The number of carboxylic acids is 1. The smallest absolute Gasteiger partial charge is 0.335 e. The number of allylic oxidation sites excluding steroid dienone is 1. The predicted octanol–water partition coefficient (Wildman–Crippen LogP) is 5.35. The van der Waals surface area contributed by atoms with Crippen LogP contribution in [0.25, 0.3) is 28.4 Å². The maximum atomic E-state index is 11.1. The van der Waals surface area contributed by atoms with Gasteiger partial charge in [0.05, 0.1) is 22.2 Å². The minimum atomic E-state index is -0.953. The van der Waals surface area contributed by atoms with Gasteiger partial charge in [-0.05, 0) is 92.9 Å². The minimum Gasteiger partial charge on any atom is -0.478 e. The van der Waals surface area contributed by atoms with Crippen LogP contribution in [0.5, 0.6) is 0 Å². The summed E-state index contributed by atoms with van der Waals surface area (Å²) in [5.41, 5.74) is 8.48. The molecule has 2 heterocycles. The number of aromatic amines is 1. The van der Waals surface area contributed by atoms with E-state index in [2.05, 4.69) is 16.0 Å². The third-order valence-electron chi connectivity index (χ3n) is 5.62. The maximum absolute atomic E-state index is 11.1. The summed E-state index contributed by atoms with van der Waals surface area (Å²) in [5.74, 6) is -0.413. The van der Waals surface area contributed by atoms with Gasteiger partial charge in [0.15, 0.2) is 0 Å². The van der Waals surface area contributed by atoms with Gasteiger partial charge in [0.25, 0.3) is 0 Å². The van der Waals surface area contributed by atoms with E-state index in [-0.39, 0.29) is 5.56 Å². The molecular weight excluding hydrogens is 388 g/mol. The van der Waals surface area contributed by atoms with Crippen molar-refractivity contribution in [3.8, 4) is 11.8 Å². The van der Waals surface area contributed by atoms with Gasteiger partial charge in [-0.15, -0.1) is 0 Å². The molecule has 2 N–H and O–H groups in total. The Balaban J connectivity index is 1.76. The molecule has 6 nitrogen and oxygen atoms in total. The van der Waals surface area contributed by atoms with E-state index < -0.39 is 5.97 Å². The van der Waals surface area contributed by atoms with Crippen molar-refractivity contribution in [3.63, 3.8) is 0 Å². The fourth-order valence-electron chi connectivity index (χ4n) is 3.79. The number of H-pyrrole nitrogens is 1. The van der Waals surface area contributed by atoms with Crippen molar-refractivity contribution in [2.75, 3.05) is 0 Å². The molecule has 0 bridgehead atoms. The third kappa shape index (κ3) is 3.62. The molecule has 4 aromatic rings. The van der Waals surface area contributed by atoms with Gasteiger partial charge in [0.1, 0.15) is 11.9 Å². The van der Waals surface area contributed by atoms with Crippen molar-refractivity contribution in [3.05, 3.63) is 81.9 Å². The molecule has 0 amide bonds. The number of rotatable bonds is 4. The first-order chi connectivity index (χ1) is 14.8.